The van der Waals surface area contributed by atoms with Gasteiger partial charge in [0, 0.05) is 25.6 Å². The van der Waals surface area contributed by atoms with E-state index < -0.39 is 12.1 Å². The first-order valence-corrected chi connectivity index (χ1v) is 7.22. The van der Waals surface area contributed by atoms with Gasteiger partial charge in [-0.15, -0.1) is 0 Å². The second-order valence-corrected chi connectivity index (χ2v) is 5.05. The molecule has 7 nitrogen and oxygen atoms in total. The molecule has 7 heteroatoms. The number of hydrogen-bond donors (Lipinski definition) is 4. The molecular weight excluding hydrogens is 262 g/mol. The van der Waals surface area contributed by atoms with E-state index in [1.807, 2.05) is 11.8 Å². The summed E-state index contributed by atoms with van der Waals surface area (Å²) in [5, 5.41) is 23.7. The summed E-state index contributed by atoms with van der Waals surface area (Å²) in [5.41, 5.74) is 0. The summed E-state index contributed by atoms with van der Waals surface area (Å²) >= 11 is 0. The van der Waals surface area contributed by atoms with Crippen LogP contribution >= 0.6 is 0 Å². The Bertz CT molecular complexity index is 319. The molecule has 1 saturated heterocycles. The highest BCUT2D eigenvalue weighted by molar-refractivity contribution is 5.75. The number of amides is 2. The van der Waals surface area contributed by atoms with Crippen molar-refractivity contribution < 1.29 is 19.8 Å². The van der Waals surface area contributed by atoms with Crippen molar-refractivity contribution in [1.82, 2.24) is 15.5 Å². The van der Waals surface area contributed by atoms with Gasteiger partial charge in [0.05, 0.1) is 0 Å². The third-order valence-corrected chi connectivity index (χ3v) is 3.45. The maximum absolute atomic E-state index is 12.1. The van der Waals surface area contributed by atoms with Gasteiger partial charge in [-0.05, 0) is 32.4 Å². The molecular formula is C13H25N3O4. The maximum Gasteiger partial charge on any atom is 0.332 e. The van der Waals surface area contributed by atoms with Crippen LogP contribution in [0.4, 0.5) is 4.79 Å². The number of aliphatic carboxylic acids is 1. The van der Waals surface area contributed by atoms with E-state index in [-0.39, 0.29) is 25.0 Å². The molecule has 4 N–H and O–H groups in total. The van der Waals surface area contributed by atoms with Crippen LogP contribution in [0.5, 0.6) is 0 Å². The Labute approximate surface area is 119 Å². The lowest BCUT2D eigenvalue weighted by Crippen LogP contribution is -2.50. The average Bonchev–Trinajstić information content (AvgIpc) is 2.45. The number of piperidine rings is 1. The lowest BCUT2D eigenvalue weighted by Gasteiger charge is -2.34. The van der Waals surface area contributed by atoms with E-state index in [1.165, 1.54) is 0 Å². The molecule has 1 rings (SSSR count). The van der Waals surface area contributed by atoms with E-state index in [4.69, 9.17) is 10.2 Å². The number of carboxylic acids is 1. The van der Waals surface area contributed by atoms with Crippen molar-refractivity contribution in [2.75, 3.05) is 26.2 Å². The van der Waals surface area contributed by atoms with Gasteiger partial charge in [-0.25, -0.2) is 9.59 Å². The first-order valence-electron chi connectivity index (χ1n) is 7.22. The molecule has 0 bridgehead atoms. The van der Waals surface area contributed by atoms with Gasteiger partial charge in [0.15, 0.2) is 6.10 Å². The summed E-state index contributed by atoms with van der Waals surface area (Å²) < 4.78 is 0. The minimum Gasteiger partial charge on any atom is -0.479 e. The monoisotopic (exact) mass is 287 g/mol. The molecule has 0 aliphatic carbocycles. The Balaban J connectivity index is 2.41. The number of urea groups is 1. The van der Waals surface area contributed by atoms with Crippen molar-refractivity contribution in [3.8, 4) is 0 Å². The van der Waals surface area contributed by atoms with Crippen molar-refractivity contribution in [2.45, 2.75) is 44.8 Å². The minimum atomic E-state index is -1.42. The van der Waals surface area contributed by atoms with Gasteiger partial charge in [0.25, 0.3) is 0 Å². The molecule has 116 valence electrons. The van der Waals surface area contributed by atoms with Gasteiger partial charge in [-0.1, -0.05) is 6.92 Å². The predicted octanol–water partition coefficient (Wildman–Crippen LogP) is -0.00440. The molecule has 1 aliphatic rings. The molecule has 2 amide bonds. The average molecular weight is 287 g/mol. The van der Waals surface area contributed by atoms with Gasteiger partial charge < -0.3 is 25.7 Å². The molecule has 1 heterocycles. The zero-order valence-electron chi connectivity index (χ0n) is 12.0. The first-order chi connectivity index (χ1) is 9.56. The van der Waals surface area contributed by atoms with Crippen LogP contribution in [0.3, 0.4) is 0 Å². The molecule has 0 radical (unpaired) electrons. The number of carbonyl (C=O) groups excluding carboxylic acids is 1. The van der Waals surface area contributed by atoms with Crippen molar-refractivity contribution in [2.24, 2.45) is 0 Å². The third-order valence-electron chi connectivity index (χ3n) is 3.45. The Hall–Kier alpha value is -1.34. The zero-order chi connectivity index (χ0) is 15.0. The number of carbonyl (C=O) groups is 2. The molecule has 1 aliphatic heterocycles. The predicted molar refractivity (Wildman–Crippen MR) is 74.5 cm³/mol. The number of aliphatic hydroxyl groups is 1. The van der Waals surface area contributed by atoms with Crippen LogP contribution in [0.15, 0.2) is 0 Å². The molecule has 1 unspecified atom stereocenters. The van der Waals surface area contributed by atoms with Gasteiger partial charge >= 0.3 is 12.0 Å². The summed E-state index contributed by atoms with van der Waals surface area (Å²) in [7, 11) is 0. The number of nitrogens with zero attached hydrogens (tertiary/aromatic N) is 1. The van der Waals surface area contributed by atoms with E-state index in [1.54, 1.807) is 0 Å². The SMILES string of the molecule is CCCN(C(=O)NCCC(O)C(=O)O)C1CCNCC1. The van der Waals surface area contributed by atoms with E-state index in [9.17, 15) is 9.59 Å². The van der Waals surface area contributed by atoms with Gasteiger partial charge in [-0.3, -0.25) is 0 Å². The fraction of sp³-hybridized carbons (Fsp3) is 0.846. The molecule has 0 aromatic carbocycles. The summed E-state index contributed by atoms with van der Waals surface area (Å²) in [6, 6.07) is 0.0666. The van der Waals surface area contributed by atoms with Crippen LogP contribution in [-0.4, -0.2) is 65.4 Å². The molecule has 0 saturated carbocycles. The van der Waals surface area contributed by atoms with Crippen molar-refractivity contribution in [3.63, 3.8) is 0 Å². The van der Waals surface area contributed by atoms with E-state index in [0.717, 1.165) is 32.4 Å². The smallest absolute Gasteiger partial charge is 0.332 e. The number of rotatable bonds is 7. The normalized spacial score (nSPS) is 17.5. The third kappa shape index (κ3) is 5.34. The Morgan fingerprint density at radius 2 is 2.05 bits per heavy atom. The van der Waals surface area contributed by atoms with E-state index in [2.05, 4.69) is 10.6 Å². The zero-order valence-corrected chi connectivity index (χ0v) is 12.0. The van der Waals surface area contributed by atoms with Crippen LogP contribution in [-0.2, 0) is 4.79 Å². The fourth-order valence-corrected chi connectivity index (χ4v) is 2.35. The fourth-order valence-electron chi connectivity index (χ4n) is 2.35. The van der Waals surface area contributed by atoms with Gasteiger partial charge in [0.1, 0.15) is 0 Å². The maximum atomic E-state index is 12.1. The standard InChI is InChI=1S/C13H25N3O4/c1-2-9-16(10-3-6-14-7-4-10)13(20)15-8-5-11(17)12(18)19/h10-11,14,17H,2-9H2,1H3,(H,15,20)(H,18,19). The van der Waals surface area contributed by atoms with E-state index in [0.29, 0.717) is 6.54 Å². The lowest BCUT2D eigenvalue weighted by molar-refractivity contribution is -0.146. The highest BCUT2D eigenvalue weighted by atomic mass is 16.4. The topological polar surface area (TPSA) is 102 Å². The molecule has 1 atom stereocenters. The van der Waals surface area contributed by atoms with Crippen LogP contribution in [0, 0.1) is 0 Å². The van der Waals surface area contributed by atoms with Crippen LogP contribution in [0.25, 0.3) is 0 Å². The summed E-state index contributed by atoms with van der Waals surface area (Å²) in [6.07, 6.45) is 1.35. The van der Waals surface area contributed by atoms with Crippen LogP contribution < -0.4 is 10.6 Å². The Morgan fingerprint density at radius 3 is 2.60 bits per heavy atom. The van der Waals surface area contributed by atoms with Crippen LogP contribution in [0.1, 0.15) is 32.6 Å². The van der Waals surface area contributed by atoms with Crippen molar-refractivity contribution >= 4 is 12.0 Å². The molecule has 0 spiro atoms. The number of carboxylic acid groups (broad SMARTS) is 1. The Kier molecular flexibility index (Phi) is 7.32. The first kappa shape index (κ1) is 16.7. The second kappa shape index (κ2) is 8.76. The lowest BCUT2D eigenvalue weighted by atomic mass is 10.0. The largest absolute Gasteiger partial charge is 0.479 e. The highest BCUT2D eigenvalue weighted by Gasteiger charge is 2.24. The molecule has 1 fully saturated rings. The summed E-state index contributed by atoms with van der Waals surface area (Å²) in [5.74, 6) is -1.26. The van der Waals surface area contributed by atoms with E-state index >= 15 is 0 Å². The Morgan fingerprint density at radius 1 is 1.40 bits per heavy atom. The van der Waals surface area contributed by atoms with Crippen molar-refractivity contribution in [3.05, 3.63) is 0 Å². The quantitative estimate of drug-likeness (QED) is 0.528. The number of nitrogens with one attached hydrogen (secondary N) is 2. The van der Waals surface area contributed by atoms with Gasteiger partial charge in [0.2, 0.25) is 0 Å². The molecule has 0 aromatic rings. The minimum absolute atomic E-state index is 0.0211. The molecule has 20 heavy (non-hydrogen) atoms. The number of aliphatic hydroxyl groups excluding tert-OH is 1. The summed E-state index contributed by atoms with van der Waals surface area (Å²) in [4.78, 5) is 24.5. The number of hydrogen-bond acceptors (Lipinski definition) is 4. The van der Waals surface area contributed by atoms with Crippen LogP contribution in [0.2, 0.25) is 0 Å². The second-order valence-electron chi connectivity index (χ2n) is 5.05. The van der Waals surface area contributed by atoms with Gasteiger partial charge in [-0.2, -0.15) is 0 Å². The summed E-state index contributed by atoms with van der Waals surface area (Å²) in [6.45, 7) is 4.71. The highest BCUT2D eigenvalue weighted by Crippen LogP contribution is 2.12. The van der Waals surface area contributed by atoms with Crippen molar-refractivity contribution in [1.29, 1.82) is 0 Å². The molecule has 0 aromatic heterocycles.